The monoisotopic (exact) mass is 255 g/mol. The first-order valence-electron chi connectivity index (χ1n) is 6.54. The SMILES string of the molecule is CC(CO)(CO)N1C(=O)CC2(CCCC2)CC1=O. The highest BCUT2D eigenvalue weighted by Gasteiger charge is 2.49. The van der Waals surface area contributed by atoms with Crippen LogP contribution in [0.15, 0.2) is 0 Å². The number of amides is 2. The van der Waals surface area contributed by atoms with Crippen LogP contribution in [-0.2, 0) is 9.59 Å². The Labute approximate surface area is 107 Å². The van der Waals surface area contributed by atoms with E-state index in [1.54, 1.807) is 0 Å². The normalized spacial score (nSPS) is 24.1. The molecule has 0 bridgehead atoms. The van der Waals surface area contributed by atoms with Gasteiger partial charge in [0, 0.05) is 12.8 Å². The van der Waals surface area contributed by atoms with Crippen molar-refractivity contribution < 1.29 is 19.8 Å². The van der Waals surface area contributed by atoms with Gasteiger partial charge in [-0.3, -0.25) is 14.5 Å². The number of nitrogens with zero attached hydrogens (tertiary/aromatic N) is 1. The van der Waals surface area contributed by atoms with Crippen molar-refractivity contribution >= 4 is 11.8 Å². The summed E-state index contributed by atoms with van der Waals surface area (Å²) >= 11 is 0. The predicted octanol–water partition coefficient (Wildman–Crippen LogP) is 0.439. The molecule has 5 heteroatoms. The number of piperidine rings is 1. The average molecular weight is 255 g/mol. The topological polar surface area (TPSA) is 77.8 Å². The van der Waals surface area contributed by atoms with Crippen molar-refractivity contribution in [2.45, 2.75) is 51.0 Å². The average Bonchev–Trinajstić information content (AvgIpc) is 2.75. The van der Waals surface area contributed by atoms with E-state index in [0.717, 1.165) is 30.6 Å². The van der Waals surface area contributed by atoms with Gasteiger partial charge in [-0.1, -0.05) is 12.8 Å². The molecule has 5 nitrogen and oxygen atoms in total. The van der Waals surface area contributed by atoms with Gasteiger partial charge in [0.2, 0.25) is 11.8 Å². The van der Waals surface area contributed by atoms with Gasteiger partial charge >= 0.3 is 0 Å². The molecule has 0 atom stereocenters. The van der Waals surface area contributed by atoms with Crippen LogP contribution in [0, 0.1) is 5.41 Å². The summed E-state index contributed by atoms with van der Waals surface area (Å²) in [7, 11) is 0. The summed E-state index contributed by atoms with van der Waals surface area (Å²) in [4.78, 5) is 25.5. The highest BCUT2D eigenvalue weighted by molar-refractivity contribution is 5.99. The first-order valence-corrected chi connectivity index (χ1v) is 6.54. The lowest BCUT2D eigenvalue weighted by atomic mass is 9.75. The van der Waals surface area contributed by atoms with Gasteiger partial charge in [0.25, 0.3) is 0 Å². The van der Waals surface area contributed by atoms with Crippen molar-refractivity contribution in [1.29, 1.82) is 0 Å². The molecular weight excluding hydrogens is 234 g/mol. The predicted molar refractivity (Wildman–Crippen MR) is 64.6 cm³/mol. The van der Waals surface area contributed by atoms with Crippen molar-refractivity contribution in [1.82, 2.24) is 4.90 Å². The lowest BCUT2D eigenvalue weighted by Crippen LogP contribution is -2.61. The summed E-state index contributed by atoms with van der Waals surface area (Å²) in [6.45, 7) is 0.720. The minimum atomic E-state index is -1.17. The van der Waals surface area contributed by atoms with E-state index in [1.165, 1.54) is 6.92 Å². The zero-order chi connectivity index (χ0) is 13.4. The van der Waals surface area contributed by atoms with Gasteiger partial charge < -0.3 is 10.2 Å². The molecule has 1 heterocycles. The standard InChI is InChI=1S/C13H21NO4/c1-12(8-15,9-16)14-10(17)6-13(7-11(14)18)4-2-3-5-13/h15-16H,2-9H2,1H3. The van der Waals surface area contributed by atoms with Crippen LogP contribution in [0.25, 0.3) is 0 Å². The zero-order valence-electron chi connectivity index (χ0n) is 10.8. The van der Waals surface area contributed by atoms with Crippen molar-refractivity contribution in [2.75, 3.05) is 13.2 Å². The Hall–Kier alpha value is -0.940. The molecule has 2 N–H and O–H groups in total. The smallest absolute Gasteiger partial charge is 0.230 e. The quantitative estimate of drug-likeness (QED) is 0.717. The summed E-state index contributed by atoms with van der Waals surface area (Å²) in [6.07, 6.45) is 4.78. The second-order valence-electron chi connectivity index (χ2n) is 6.00. The van der Waals surface area contributed by atoms with Gasteiger partial charge in [-0.25, -0.2) is 0 Å². The lowest BCUT2D eigenvalue weighted by Gasteiger charge is -2.44. The Morgan fingerprint density at radius 3 is 1.94 bits per heavy atom. The third-order valence-electron chi connectivity index (χ3n) is 4.44. The van der Waals surface area contributed by atoms with E-state index in [2.05, 4.69) is 0 Å². The van der Waals surface area contributed by atoms with Gasteiger partial charge in [-0.2, -0.15) is 0 Å². The van der Waals surface area contributed by atoms with E-state index in [-0.39, 0.29) is 17.2 Å². The summed E-state index contributed by atoms with van der Waals surface area (Å²) < 4.78 is 0. The van der Waals surface area contributed by atoms with Crippen LogP contribution in [0.4, 0.5) is 0 Å². The molecule has 1 saturated carbocycles. The molecule has 0 aromatic rings. The van der Waals surface area contributed by atoms with Gasteiger partial charge in [-0.15, -0.1) is 0 Å². The third kappa shape index (κ3) is 2.06. The maximum Gasteiger partial charge on any atom is 0.230 e. The minimum Gasteiger partial charge on any atom is -0.394 e. The van der Waals surface area contributed by atoms with Gasteiger partial charge in [0.1, 0.15) is 0 Å². The molecule has 2 amide bonds. The molecule has 1 aliphatic heterocycles. The van der Waals surface area contributed by atoms with Gasteiger partial charge in [-0.05, 0) is 25.2 Å². The van der Waals surface area contributed by atoms with Crippen LogP contribution < -0.4 is 0 Å². The van der Waals surface area contributed by atoms with Gasteiger partial charge in [0.15, 0.2) is 0 Å². The van der Waals surface area contributed by atoms with Crippen molar-refractivity contribution in [3.63, 3.8) is 0 Å². The van der Waals surface area contributed by atoms with E-state index in [9.17, 15) is 19.8 Å². The Kier molecular flexibility index (Phi) is 3.47. The number of hydrogen-bond donors (Lipinski definition) is 2. The van der Waals surface area contributed by atoms with Crippen LogP contribution in [-0.4, -0.2) is 45.7 Å². The number of aliphatic hydroxyl groups excluding tert-OH is 2. The number of imide groups is 1. The molecule has 0 unspecified atom stereocenters. The van der Waals surface area contributed by atoms with Crippen LogP contribution in [0.3, 0.4) is 0 Å². The fourth-order valence-electron chi connectivity index (χ4n) is 3.27. The largest absolute Gasteiger partial charge is 0.394 e. The minimum absolute atomic E-state index is 0.142. The summed E-state index contributed by atoms with van der Waals surface area (Å²) in [6, 6.07) is 0. The molecule has 102 valence electrons. The Morgan fingerprint density at radius 1 is 1.11 bits per heavy atom. The molecule has 18 heavy (non-hydrogen) atoms. The Morgan fingerprint density at radius 2 is 1.56 bits per heavy atom. The molecule has 1 saturated heterocycles. The van der Waals surface area contributed by atoms with Gasteiger partial charge in [0.05, 0.1) is 18.8 Å². The second-order valence-corrected chi connectivity index (χ2v) is 6.00. The maximum atomic E-state index is 12.2. The summed E-state index contributed by atoms with van der Waals surface area (Å²) in [5, 5.41) is 18.6. The molecule has 0 radical (unpaired) electrons. The van der Waals surface area contributed by atoms with Crippen molar-refractivity contribution in [3.05, 3.63) is 0 Å². The molecule has 0 aromatic carbocycles. The molecule has 0 aromatic heterocycles. The first kappa shape index (κ1) is 13.5. The van der Waals surface area contributed by atoms with Crippen molar-refractivity contribution in [2.24, 2.45) is 5.41 Å². The summed E-state index contributed by atoms with van der Waals surface area (Å²) in [5.74, 6) is -0.502. The zero-order valence-corrected chi connectivity index (χ0v) is 10.8. The van der Waals surface area contributed by atoms with E-state index >= 15 is 0 Å². The fraction of sp³-hybridized carbons (Fsp3) is 0.846. The van der Waals surface area contributed by atoms with Crippen LogP contribution in [0.2, 0.25) is 0 Å². The maximum absolute atomic E-state index is 12.2. The number of rotatable bonds is 3. The van der Waals surface area contributed by atoms with E-state index < -0.39 is 18.8 Å². The molecule has 1 aliphatic carbocycles. The highest BCUT2D eigenvalue weighted by atomic mass is 16.3. The summed E-state index contributed by atoms with van der Waals surface area (Å²) in [5.41, 5.74) is -1.31. The third-order valence-corrected chi connectivity index (χ3v) is 4.44. The number of carbonyl (C=O) groups excluding carboxylic acids is 2. The number of aliphatic hydroxyl groups is 2. The fourth-order valence-corrected chi connectivity index (χ4v) is 3.27. The Balaban J connectivity index is 2.21. The number of hydrogen-bond acceptors (Lipinski definition) is 4. The highest BCUT2D eigenvalue weighted by Crippen LogP contribution is 2.47. The van der Waals surface area contributed by atoms with E-state index in [4.69, 9.17) is 0 Å². The molecular formula is C13H21NO4. The van der Waals surface area contributed by atoms with E-state index in [1.807, 2.05) is 0 Å². The lowest BCUT2D eigenvalue weighted by molar-refractivity contribution is -0.165. The number of likely N-dealkylation sites (tertiary alicyclic amines) is 1. The van der Waals surface area contributed by atoms with E-state index in [0.29, 0.717) is 12.8 Å². The molecule has 1 spiro atoms. The molecule has 2 rings (SSSR count). The molecule has 2 fully saturated rings. The second kappa shape index (κ2) is 4.63. The number of carbonyl (C=O) groups is 2. The molecule has 2 aliphatic rings. The van der Waals surface area contributed by atoms with Crippen LogP contribution in [0.5, 0.6) is 0 Å². The van der Waals surface area contributed by atoms with Crippen LogP contribution >= 0.6 is 0 Å². The first-order chi connectivity index (χ1) is 8.46. The Bertz CT molecular complexity index is 336. The van der Waals surface area contributed by atoms with Crippen LogP contribution in [0.1, 0.15) is 45.4 Å². The van der Waals surface area contributed by atoms with Crippen molar-refractivity contribution in [3.8, 4) is 0 Å².